The van der Waals surface area contributed by atoms with E-state index in [0.717, 1.165) is 6.07 Å². The van der Waals surface area contributed by atoms with Gasteiger partial charge in [0.2, 0.25) is 5.88 Å². The number of ether oxygens (including phenoxy) is 1. The van der Waals surface area contributed by atoms with Crippen LogP contribution in [0.2, 0.25) is 0 Å². The van der Waals surface area contributed by atoms with E-state index >= 15 is 0 Å². The number of pyridine rings is 2. The largest absolute Gasteiger partial charge is 0.477 e. The van der Waals surface area contributed by atoms with Crippen LogP contribution >= 0.6 is 0 Å². The molecule has 0 saturated carbocycles. The summed E-state index contributed by atoms with van der Waals surface area (Å²) >= 11 is 0. The molecule has 0 aromatic carbocycles. The lowest BCUT2D eigenvalue weighted by Crippen LogP contribution is -2.18. The summed E-state index contributed by atoms with van der Waals surface area (Å²) < 4.78 is 46.8. The van der Waals surface area contributed by atoms with Gasteiger partial charge in [0.15, 0.2) is 5.82 Å². The van der Waals surface area contributed by atoms with Crippen molar-refractivity contribution in [3.8, 4) is 17.4 Å². The van der Waals surface area contributed by atoms with Gasteiger partial charge in [0, 0.05) is 12.2 Å². The molecule has 0 aliphatic carbocycles. The maximum Gasteiger partial charge on any atom is 0.417 e. The number of fused-ring (bicyclic) bond motifs is 5. The van der Waals surface area contributed by atoms with Crippen molar-refractivity contribution in [2.24, 2.45) is 0 Å². The smallest absolute Gasteiger partial charge is 0.417 e. The van der Waals surface area contributed by atoms with Crippen LogP contribution in [-0.2, 0) is 6.18 Å². The third kappa shape index (κ3) is 3.95. The number of halogens is 3. The summed E-state index contributed by atoms with van der Waals surface area (Å²) in [6, 6.07) is 5.66. The van der Waals surface area contributed by atoms with Crippen molar-refractivity contribution >= 4 is 11.7 Å². The molecular formula is C19H17F3N6O2. The van der Waals surface area contributed by atoms with E-state index in [4.69, 9.17) is 4.74 Å². The zero-order chi connectivity index (χ0) is 21.3. The van der Waals surface area contributed by atoms with Crippen LogP contribution in [0.3, 0.4) is 0 Å². The second-order valence-corrected chi connectivity index (χ2v) is 6.84. The van der Waals surface area contributed by atoms with Crippen LogP contribution in [0.25, 0.3) is 11.5 Å². The van der Waals surface area contributed by atoms with Crippen LogP contribution in [0, 0.1) is 0 Å². The second-order valence-electron chi connectivity index (χ2n) is 6.84. The molecule has 0 saturated heterocycles. The fraction of sp³-hybridized carbons (Fsp3) is 0.316. The van der Waals surface area contributed by atoms with E-state index in [2.05, 4.69) is 25.5 Å². The number of hydrogen-bond donors (Lipinski definition) is 1. The monoisotopic (exact) mass is 418 g/mol. The van der Waals surface area contributed by atoms with Gasteiger partial charge in [-0.25, -0.2) is 9.97 Å². The topological polar surface area (TPSA) is 94.8 Å². The van der Waals surface area contributed by atoms with Gasteiger partial charge in [-0.3, -0.25) is 4.79 Å². The number of carbonyl (C=O) groups is 1. The van der Waals surface area contributed by atoms with Gasteiger partial charge in [0.1, 0.15) is 23.4 Å². The summed E-state index contributed by atoms with van der Waals surface area (Å²) in [6.45, 7) is 2.18. The SMILES string of the molecule is C[C@H]1CCCOc2ncc(C(F)(F)F)cc2C(=O)Nc2cccc(n2)-c2nncn21. The van der Waals surface area contributed by atoms with E-state index in [1.807, 2.05) is 11.5 Å². The molecule has 8 nitrogen and oxygen atoms in total. The summed E-state index contributed by atoms with van der Waals surface area (Å²) in [7, 11) is 0. The van der Waals surface area contributed by atoms with Crippen molar-refractivity contribution < 1.29 is 22.7 Å². The Bertz CT molecular complexity index is 1080. The van der Waals surface area contributed by atoms with Gasteiger partial charge in [-0.05, 0) is 38.0 Å². The molecule has 1 N–H and O–H groups in total. The molecule has 4 heterocycles. The highest BCUT2D eigenvalue weighted by atomic mass is 19.4. The van der Waals surface area contributed by atoms with E-state index in [9.17, 15) is 18.0 Å². The van der Waals surface area contributed by atoms with Crippen LogP contribution in [0.1, 0.15) is 41.7 Å². The fourth-order valence-corrected chi connectivity index (χ4v) is 3.13. The molecule has 0 spiro atoms. The molecule has 11 heteroatoms. The number of amides is 1. The zero-order valence-corrected chi connectivity index (χ0v) is 15.8. The molecular weight excluding hydrogens is 401 g/mol. The fourth-order valence-electron chi connectivity index (χ4n) is 3.13. The summed E-state index contributed by atoms with van der Waals surface area (Å²) in [5.41, 5.74) is -0.872. The van der Waals surface area contributed by atoms with E-state index in [1.54, 1.807) is 18.5 Å². The quantitative estimate of drug-likeness (QED) is 0.598. The van der Waals surface area contributed by atoms with Gasteiger partial charge in [-0.15, -0.1) is 10.2 Å². The van der Waals surface area contributed by atoms with Gasteiger partial charge < -0.3 is 14.6 Å². The lowest BCUT2D eigenvalue weighted by Gasteiger charge is -2.17. The molecule has 0 fully saturated rings. The van der Waals surface area contributed by atoms with Crippen LogP contribution in [0.4, 0.5) is 19.0 Å². The van der Waals surface area contributed by atoms with Crippen LogP contribution < -0.4 is 10.1 Å². The first-order chi connectivity index (χ1) is 14.3. The predicted octanol–water partition coefficient (Wildman–Crippen LogP) is 3.74. The minimum absolute atomic E-state index is 0.0293. The Morgan fingerprint density at radius 1 is 1.30 bits per heavy atom. The first-order valence-electron chi connectivity index (χ1n) is 9.21. The van der Waals surface area contributed by atoms with Crippen LogP contribution in [-0.4, -0.2) is 37.2 Å². The summed E-state index contributed by atoms with van der Waals surface area (Å²) in [5.74, 6) is -0.287. The minimum Gasteiger partial charge on any atom is -0.477 e. The van der Waals surface area contributed by atoms with Gasteiger partial charge in [-0.2, -0.15) is 13.2 Å². The Balaban J connectivity index is 1.77. The van der Waals surface area contributed by atoms with Gasteiger partial charge in [-0.1, -0.05) is 6.07 Å². The molecule has 1 aliphatic heterocycles. The number of nitrogens with zero attached hydrogens (tertiary/aromatic N) is 5. The number of alkyl halides is 3. The lowest BCUT2D eigenvalue weighted by atomic mass is 10.1. The third-order valence-electron chi connectivity index (χ3n) is 4.70. The van der Waals surface area contributed by atoms with Crippen molar-refractivity contribution in [2.75, 3.05) is 11.9 Å². The molecule has 156 valence electrons. The van der Waals surface area contributed by atoms with Crippen molar-refractivity contribution in [3.63, 3.8) is 0 Å². The van der Waals surface area contributed by atoms with Crippen LogP contribution in [0.5, 0.6) is 5.88 Å². The molecule has 30 heavy (non-hydrogen) atoms. The van der Waals surface area contributed by atoms with E-state index in [-0.39, 0.29) is 29.9 Å². The van der Waals surface area contributed by atoms with E-state index in [0.29, 0.717) is 30.6 Å². The number of rotatable bonds is 0. The number of aromatic nitrogens is 5. The molecule has 3 aromatic rings. The van der Waals surface area contributed by atoms with Crippen molar-refractivity contribution in [3.05, 3.63) is 47.9 Å². The molecule has 1 atom stereocenters. The molecule has 1 amide bonds. The first-order valence-corrected chi connectivity index (χ1v) is 9.21. The number of carbonyl (C=O) groups excluding carboxylic acids is 1. The molecule has 0 unspecified atom stereocenters. The maximum absolute atomic E-state index is 13.1. The Morgan fingerprint density at radius 3 is 2.93 bits per heavy atom. The Labute approximate surface area is 169 Å². The zero-order valence-electron chi connectivity index (χ0n) is 15.8. The average molecular weight is 418 g/mol. The molecule has 0 radical (unpaired) electrons. The van der Waals surface area contributed by atoms with E-state index < -0.39 is 17.6 Å². The molecule has 3 aromatic heterocycles. The Morgan fingerprint density at radius 2 is 2.13 bits per heavy atom. The Hall–Kier alpha value is -3.50. The van der Waals surface area contributed by atoms with Crippen molar-refractivity contribution in [1.82, 2.24) is 24.7 Å². The van der Waals surface area contributed by atoms with Gasteiger partial charge in [0.05, 0.1) is 12.2 Å². The Kier molecular flexibility index (Phi) is 5.10. The highest BCUT2D eigenvalue weighted by Gasteiger charge is 2.33. The average Bonchev–Trinajstić information content (AvgIpc) is 3.20. The second kappa shape index (κ2) is 7.73. The summed E-state index contributed by atoms with van der Waals surface area (Å²) in [6.07, 6.45) is -1.11. The summed E-state index contributed by atoms with van der Waals surface area (Å²) in [4.78, 5) is 20.8. The van der Waals surface area contributed by atoms with Gasteiger partial charge in [0.25, 0.3) is 5.91 Å². The van der Waals surface area contributed by atoms with E-state index in [1.165, 1.54) is 6.07 Å². The predicted molar refractivity (Wildman–Crippen MR) is 99.9 cm³/mol. The number of nitrogens with one attached hydrogen (secondary N) is 1. The molecule has 1 aliphatic rings. The normalized spacial score (nSPS) is 17.2. The van der Waals surface area contributed by atoms with Crippen molar-refractivity contribution in [2.45, 2.75) is 32.0 Å². The van der Waals surface area contributed by atoms with Crippen LogP contribution in [0.15, 0.2) is 36.8 Å². The standard InChI is InChI=1S/C19H17F3N6O2/c1-11-4-3-7-30-18-13(8-12(9-23-18)19(20,21)22)17(29)26-15-6-2-5-14(25-15)16-27-24-10-28(11)16/h2,5-6,8-11H,3-4,7H2,1H3,(H,25,26,29)/t11-/m0/s1. The maximum atomic E-state index is 13.1. The third-order valence-corrected chi connectivity index (χ3v) is 4.70. The highest BCUT2D eigenvalue weighted by Crippen LogP contribution is 2.32. The first kappa shape index (κ1) is 19.8. The lowest BCUT2D eigenvalue weighted by molar-refractivity contribution is -0.137. The highest BCUT2D eigenvalue weighted by molar-refractivity contribution is 6.05. The minimum atomic E-state index is -4.64. The molecule has 2 bridgehead atoms. The number of hydrogen-bond acceptors (Lipinski definition) is 6. The molecule has 4 rings (SSSR count). The van der Waals surface area contributed by atoms with Gasteiger partial charge >= 0.3 is 6.18 Å². The van der Waals surface area contributed by atoms with Crippen molar-refractivity contribution in [1.29, 1.82) is 0 Å². The summed E-state index contributed by atoms with van der Waals surface area (Å²) in [5, 5.41) is 10.6. The number of anilines is 1.